The highest BCUT2D eigenvalue weighted by Gasteiger charge is 2.34. The van der Waals surface area contributed by atoms with Crippen molar-refractivity contribution in [1.29, 1.82) is 0 Å². The number of likely N-dealkylation sites (tertiary alicyclic amines) is 2. The highest BCUT2D eigenvalue weighted by atomic mass is 32.2. The van der Waals surface area contributed by atoms with E-state index in [2.05, 4.69) is 98.5 Å². The second-order valence-corrected chi connectivity index (χ2v) is 16.6. The van der Waals surface area contributed by atoms with Crippen LogP contribution in [0.2, 0.25) is 0 Å². The number of benzene rings is 3. The van der Waals surface area contributed by atoms with Crippen LogP contribution in [0.1, 0.15) is 98.8 Å². The molecule has 268 valence electrons. The molecule has 7 heteroatoms. The lowest BCUT2D eigenvalue weighted by molar-refractivity contribution is 0.0760. The van der Waals surface area contributed by atoms with E-state index in [1.807, 2.05) is 30.9 Å². The summed E-state index contributed by atoms with van der Waals surface area (Å²) >= 11 is 7.73. The molecule has 3 aromatic rings. The largest absolute Gasteiger partial charge is 0.493 e. The summed E-state index contributed by atoms with van der Waals surface area (Å²) in [5.74, 6) is 2.34. The van der Waals surface area contributed by atoms with Crippen molar-refractivity contribution in [2.24, 2.45) is 17.1 Å². The summed E-state index contributed by atoms with van der Waals surface area (Å²) in [6.45, 7) is 14.4. The summed E-state index contributed by atoms with van der Waals surface area (Å²) in [5, 5.41) is 0. The van der Waals surface area contributed by atoms with E-state index in [1.165, 1.54) is 0 Å². The van der Waals surface area contributed by atoms with Crippen LogP contribution < -0.4 is 10.5 Å². The highest BCUT2D eigenvalue weighted by Crippen LogP contribution is 2.39. The molecule has 0 radical (unpaired) electrons. The van der Waals surface area contributed by atoms with Gasteiger partial charge >= 0.3 is 0 Å². The third-order valence-electron chi connectivity index (χ3n) is 10.9. The standard InChI is InChI=1S/C43H57N3O2S2/c1-6-15-37-20-14-24-46(37)40(47)38-29-34(7-2)39(28-33(38)4)48-31-32(3)30-42(5)21-25-45(26-22-42)41(49)50-27-23-43(44,35-16-10-8-11-17-35)36-18-12-9-13-19-36/h6,8-13,15-19,28-29,32,37H,7,14,20-27,30-31,44H2,1-5H3. The fraction of sp³-hybridized carbons (Fsp3) is 0.488. The number of amides is 1. The van der Waals surface area contributed by atoms with E-state index in [9.17, 15) is 4.79 Å². The SMILES string of the molecule is CC=CC1CCCN1C(=O)c1cc(CC)c(OCC(C)CC2(C)CCN(C(=S)SCCC(N)(c3ccccc3)c3ccccc3)CC2)cc1C. The monoisotopic (exact) mass is 711 g/mol. The highest BCUT2D eigenvalue weighted by molar-refractivity contribution is 8.22. The number of rotatable bonds is 13. The molecule has 5 nitrogen and oxygen atoms in total. The molecule has 2 fully saturated rings. The molecule has 0 bridgehead atoms. The Kier molecular flexibility index (Phi) is 13.3. The number of hydrogen-bond donors (Lipinski definition) is 1. The Morgan fingerprint density at radius 2 is 1.72 bits per heavy atom. The molecule has 5 rings (SSSR count). The fourth-order valence-electron chi connectivity index (χ4n) is 7.87. The van der Waals surface area contributed by atoms with E-state index in [-0.39, 0.29) is 17.4 Å². The van der Waals surface area contributed by atoms with Crippen LogP contribution >= 0.6 is 24.0 Å². The molecule has 0 saturated carbocycles. The quantitative estimate of drug-likeness (QED) is 0.141. The summed E-state index contributed by atoms with van der Waals surface area (Å²) in [6.07, 6.45) is 11.3. The van der Waals surface area contributed by atoms with Crippen LogP contribution in [-0.4, -0.2) is 58.1 Å². The first kappa shape index (κ1) is 38.1. The Labute approximate surface area is 311 Å². The van der Waals surface area contributed by atoms with Gasteiger partial charge in [0.15, 0.2) is 0 Å². The van der Waals surface area contributed by atoms with E-state index in [4.69, 9.17) is 22.7 Å². The van der Waals surface area contributed by atoms with Crippen LogP contribution in [-0.2, 0) is 12.0 Å². The second kappa shape index (κ2) is 17.4. The summed E-state index contributed by atoms with van der Waals surface area (Å²) in [7, 11) is 0. The van der Waals surface area contributed by atoms with E-state index < -0.39 is 5.54 Å². The van der Waals surface area contributed by atoms with Gasteiger partial charge < -0.3 is 20.3 Å². The average Bonchev–Trinajstić information content (AvgIpc) is 3.59. The van der Waals surface area contributed by atoms with Crippen molar-refractivity contribution in [3.8, 4) is 5.75 Å². The van der Waals surface area contributed by atoms with Gasteiger partial charge in [-0.3, -0.25) is 4.79 Å². The number of hydrogen-bond acceptors (Lipinski definition) is 5. The third kappa shape index (κ3) is 9.20. The number of allylic oxidation sites excluding steroid dienone is 1. The zero-order valence-electron chi connectivity index (χ0n) is 30.8. The molecule has 3 aromatic carbocycles. The van der Waals surface area contributed by atoms with E-state index in [0.29, 0.717) is 12.5 Å². The van der Waals surface area contributed by atoms with Crippen molar-refractivity contribution in [2.45, 2.75) is 91.1 Å². The maximum absolute atomic E-state index is 13.6. The van der Waals surface area contributed by atoms with E-state index in [1.54, 1.807) is 11.8 Å². The summed E-state index contributed by atoms with van der Waals surface area (Å²) in [6, 6.07) is 25.2. The maximum atomic E-state index is 13.6. The van der Waals surface area contributed by atoms with Gasteiger partial charge in [0.1, 0.15) is 10.1 Å². The maximum Gasteiger partial charge on any atom is 0.254 e. The Balaban J connectivity index is 1.10. The van der Waals surface area contributed by atoms with Gasteiger partial charge in [-0.15, -0.1) is 0 Å². The molecule has 2 N–H and O–H groups in total. The molecule has 2 saturated heterocycles. The van der Waals surface area contributed by atoms with Crippen molar-refractivity contribution in [3.63, 3.8) is 0 Å². The minimum Gasteiger partial charge on any atom is -0.493 e. The van der Waals surface area contributed by atoms with Crippen molar-refractivity contribution in [1.82, 2.24) is 9.80 Å². The molecule has 2 aliphatic heterocycles. The zero-order chi connectivity index (χ0) is 35.7. The van der Waals surface area contributed by atoms with Crippen molar-refractivity contribution >= 4 is 34.2 Å². The van der Waals surface area contributed by atoms with Gasteiger partial charge in [-0.25, -0.2) is 0 Å². The lowest BCUT2D eigenvalue weighted by Gasteiger charge is -2.41. The molecule has 0 spiro atoms. The van der Waals surface area contributed by atoms with Gasteiger partial charge in [0.05, 0.1) is 18.2 Å². The number of nitrogens with two attached hydrogens (primary N) is 1. The smallest absolute Gasteiger partial charge is 0.254 e. The molecule has 1 amide bonds. The number of carbonyl (C=O) groups is 1. The van der Waals surface area contributed by atoms with E-state index >= 15 is 0 Å². The third-order valence-corrected chi connectivity index (χ3v) is 12.4. The predicted molar refractivity (Wildman–Crippen MR) is 215 cm³/mol. The first-order chi connectivity index (χ1) is 24.1. The Bertz CT molecular complexity index is 1560. The van der Waals surface area contributed by atoms with Gasteiger partial charge in [0.25, 0.3) is 5.91 Å². The molecule has 50 heavy (non-hydrogen) atoms. The second-order valence-electron chi connectivity index (χ2n) is 14.8. The van der Waals surface area contributed by atoms with Crippen LogP contribution in [0.25, 0.3) is 0 Å². The van der Waals surface area contributed by atoms with Crippen molar-refractivity contribution < 1.29 is 9.53 Å². The molecule has 2 unspecified atom stereocenters. The van der Waals surface area contributed by atoms with Crippen LogP contribution in [0.5, 0.6) is 5.75 Å². The molecular weight excluding hydrogens is 655 g/mol. The lowest BCUT2D eigenvalue weighted by Crippen LogP contribution is -2.42. The first-order valence-electron chi connectivity index (χ1n) is 18.6. The van der Waals surface area contributed by atoms with Crippen LogP contribution in [0.3, 0.4) is 0 Å². The fourth-order valence-corrected chi connectivity index (χ4v) is 9.27. The van der Waals surface area contributed by atoms with Crippen molar-refractivity contribution in [2.75, 3.05) is 32.0 Å². The van der Waals surface area contributed by atoms with Crippen LogP contribution in [0.15, 0.2) is 84.9 Å². The Hall–Kier alpha value is -3.13. The molecule has 2 heterocycles. The number of nitrogens with zero attached hydrogens (tertiary/aromatic N) is 2. The van der Waals surface area contributed by atoms with Crippen LogP contribution in [0, 0.1) is 18.3 Å². The number of thiocarbonyl (C=S) groups is 1. The van der Waals surface area contributed by atoms with Crippen LogP contribution in [0.4, 0.5) is 0 Å². The van der Waals surface area contributed by atoms with Gasteiger partial charge in [-0.2, -0.15) is 0 Å². The molecule has 0 aliphatic carbocycles. The molecule has 2 atom stereocenters. The number of ether oxygens (including phenoxy) is 1. The number of aryl methyl sites for hydroxylation is 2. The van der Waals surface area contributed by atoms with Gasteiger partial charge in [0.2, 0.25) is 0 Å². The molecular formula is C43H57N3O2S2. The Morgan fingerprint density at radius 1 is 1.08 bits per heavy atom. The summed E-state index contributed by atoms with van der Waals surface area (Å²) in [4.78, 5) is 18.0. The van der Waals surface area contributed by atoms with Gasteiger partial charge in [0, 0.05) is 31.0 Å². The first-order valence-corrected chi connectivity index (χ1v) is 20.0. The predicted octanol–water partition coefficient (Wildman–Crippen LogP) is 9.56. The van der Waals surface area contributed by atoms with Crippen molar-refractivity contribution in [3.05, 3.63) is 113 Å². The van der Waals surface area contributed by atoms with Gasteiger partial charge in [-0.1, -0.05) is 118 Å². The molecule has 0 aromatic heterocycles. The minimum absolute atomic E-state index is 0.140. The summed E-state index contributed by atoms with van der Waals surface area (Å²) in [5.41, 5.74) is 12.0. The van der Waals surface area contributed by atoms with Gasteiger partial charge in [-0.05, 0) is 105 Å². The molecule has 2 aliphatic rings. The lowest BCUT2D eigenvalue weighted by atomic mass is 9.74. The normalized spacial score (nSPS) is 18.4. The minimum atomic E-state index is -0.552. The number of carbonyl (C=O) groups excluding carboxylic acids is 1. The Morgan fingerprint density at radius 3 is 2.32 bits per heavy atom. The number of piperidine rings is 1. The number of thioether (sulfide) groups is 1. The topological polar surface area (TPSA) is 58.8 Å². The van der Waals surface area contributed by atoms with E-state index in [0.717, 1.165) is 108 Å². The zero-order valence-corrected chi connectivity index (χ0v) is 32.5. The average molecular weight is 712 g/mol. The summed E-state index contributed by atoms with van der Waals surface area (Å²) < 4.78 is 7.48.